The molecule has 5 fully saturated rings. The lowest BCUT2D eigenvalue weighted by Crippen LogP contribution is -2.55. The molecule has 6 aliphatic rings. The molecular formula is C32H31N3OS. The van der Waals surface area contributed by atoms with E-state index in [1.165, 1.54) is 19.3 Å². The number of benzene rings is 2. The molecule has 2 aromatic rings. The highest BCUT2D eigenvalue weighted by atomic mass is 32.2. The number of nitrogens with zero attached hydrogens (tertiary/aromatic N) is 3. The molecule has 0 aromatic heterocycles. The maximum Gasteiger partial charge on any atom is 0.177 e. The van der Waals surface area contributed by atoms with Crippen LogP contribution in [0.1, 0.15) is 67.2 Å². The average molecular weight is 506 g/mol. The van der Waals surface area contributed by atoms with Gasteiger partial charge < -0.3 is 4.90 Å². The van der Waals surface area contributed by atoms with Crippen molar-refractivity contribution < 1.29 is 4.79 Å². The Hall–Kier alpha value is -3.02. The first-order chi connectivity index (χ1) is 18.0. The van der Waals surface area contributed by atoms with Gasteiger partial charge in [-0.15, -0.1) is 11.8 Å². The summed E-state index contributed by atoms with van der Waals surface area (Å²) < 4.78 is 0. The molecule has 4 saturated carbocycles. The molecule has 0 radical (unpaired) electrons. The lowest BCUT2D eigenvalue weighted by Gasteiger charge is -2.57. The Labute approximate surface area is 223 Å². The molecular weight excluding hydrogens is 474 g/mol. The molecule has 2 aromatic carbocycles. The van der Waals surface area contributed by atoms with Gasteiger partial charge in [0, 0.05) is 22.4 Å². The molecule has 1 saturated heterocycles. The van der Waals surface area contributed by atoms with E-state index in [2.05, 4.69) is 35.2 Å². The van der Waals surface area contributed by atoms with E-state index in [-0.39, 0.29) is 11.2 Å². The van der Waals surface area contributed by atoms with E-state index in [1.54, 1.807) is 11.8 Å². The van der Waals surface area contributed by atoms with Gasteiger partial charge in [0.05, 0.1) is 24.2 Å². The molecule has 0 spiro atoms. The van der Waals surface area contributed by atoms with Crippen LogP contribution in [-0.2, 0) is 4.79 Å². The molecule has 2 aliphatic heterocycles. The molecule has 3 atom stereocenters. The smallest absolute Gasteiger partial charge is 0.177 e. The zero-order valence-electron chi connectivity index (χ0n) is 21.1. The fraction of sp³-hybridized carbons (Fsp3) is 0.469. The molecule has 0 N–H and O–H groups in total. The van der Waals surface area contributed by atoms with Crippen molar-refractivity contribution in [2.75, 3.05) is 6.26 Å². The third kappa shape index (κ3) is 3.17. The standard InChI is InChI=1S/C32H31N3OS/c1-37-25-8-6-24(7-9-25)27-28(30(36)31-15-20-12-21(16-31)14-22(13-20)17-31)35-11-10-23-4-2-3-5-26(23)29(35)32(27,18-33)19-34/h2-11,20-22,27-29H,12-17H2,1H3/t20?,21?,22?,27-,28+,29-,31?/m1/s1. The molecule has 4 nitrogen and oxygen atoms in total. The number of carbonyl (C=O) groups is 1. The minimum absolute atomic E-state index is 0.284. The van der Waals surface area contributed by atoms with Crippen molar-refractivity contribution in [1.29, 1.82) is 10.5 Å². The molecule has 0 unspecified atom stereocenters. The number of Topliss-reactive ketones (excluding diaryl/α,β-unsaturated/α-hetero) is 1. The molecule has 4 bridgehead atoms. The van der Waals surface area contributed by atoms with Crippen LogP contribution in [0.2, 0.25) is 0 Å². The van der Waals surface area contributed by atoms with Gasteiger partial charge in [-0.1, -0.05) is 36.4 Å². The Bertz CT molecular complexity index is 1330. The van der Waals surface area contributed by atoms with E-state index in [9.17, 15) is 15.3 Å². The fourth-order valence-electron chi connectivity index (χ4n) is 9.21. The number of thioether (sulfide) groups is 1. The van der Waals surface area contributed by atoms with E-state index in [1.807, 2.05) is 48.9 Å². The van der Waals surface area contributed by atoms with Gasteiger partial charge in [0.15, 0.2) is 11.2 Å². The van der Waals surface area contributed by atoms with E-state index in [0.29, 0.717) is 17.8 Å². The van der Waals surface area contributed by atoms with Crippen LogP contribution in [0.4, 0.5) is 0 Å². The lowest BCUT2D eigenvalue weighted by atomic mass is 9.47. The minimum Gasteiger partial charge on any atom is -0.357 e. The van der Waals surface area contributed by atoms with Gasteiger partial charge >= 0.3 is 0 Å². The lowest BCUT2D eigenvalue weighted by molar-refractivity contribution is -0.148. The summed E-state index contributed by atoms with van der Waals surface area (Å²) in [7, 11) is 0. The molecule has 8 rings (SSSR count). The van der Waals surface area contributed by atoms with Gasteiger partial charge in [-0.05, 0) is 97.4 Å². The zero-order valence-corrected chi connectivity index (χ0v) is 22.0. The summed E-state index contributed by atoms with van der Waals surface area (Å²) in [5.74, 6) is 1.73. The summed E-state index contributed by atoms with van der Waals surface area (Å²) in [5, 5.41) is 21.6. The minimum atomic E-state index is -1.37. The van der Waals surface area contributed by atoms with Crippen LogP contribution >= 0.6 is 11.8 Å². The third-order valence-electron chi connectivity index (χ3n) is 10.2. The molecule has 37 heavy (non-hydrogen) atoms. The average Bonchev–Trinajstić information content (AvgIpc) is 3.23. The molecule has 5 heteroatoms. The second-order valence-electron chi connectivity index (χ2n) is 12.1. The number of carbonyl (C=O) groups excluding carboxylic acids is 1. The van der Waals surface area contributed by atoms with Crippen LogP contribution in [0.3, 0.4) is 0 Å². The first-order valence-corrected chi connectivity index (χ1v) is 14.8. The SMILES string of the molecule is CSc1ccc([C@@H]2[C@@H](C(=O)C34CC5CC(CC(C5)C3)C4)N3C=Cc4ccccc4[C@@H]3C2(C#N)C#N)cc1. The molecule has 186 valence electrons. The van der Waals surface area contributed by atoms with Crippen LogP contribution in [0.25, 0.3) is 6.08 Å². The second kappa shape index (κ2) is 8.24. The van der Waals surface area contributed by atoms with E-state index in [0.717, 1.165) is 40.8 Å². The van der Waals surface area contributed by atoms with Gasteiger partial charge in [0.1, 0.15) is 0 Å². The molecule has 0 amide bonds. The Morgan fingerprint density at radius 1 is 0.946 bits per heavy atom. The predicted molar refractivity (Wildman–Crippen MR) is 144 cm³/mol. The summed E-state index contributed by atoms with van der Waals surface area (Å²) in [4.78, 5) is 18.2. The molecule has 4 aliphatic carbocycles. The topological polar surface area (TPSA) is 67.9 Å². The largest absolute Gasteiger partial charge is 0.357 e. The van der Waals surface area contributed by atoms with Crippen molar-refractivity contribution >= 4 is 23.6 Å². The summed E-state index contributed by atoms with van der Waals surface area (Å²) in [6, 6.07) is 20.3. The Balaban J connectivity index is 1.42. The van der Waals surface area contributed by atoms with E-state index < -0.39 is 23.4 Å². The first kappa shape index (κ1) is 23.1. The highest BCUT2D eigenvalue weighted by Gasteiger charge is 2.67. The van der Waals surface area contributed by atoms with Gasteiger partial charge in [0.25, 0.3) is 0 Å². The van der Waals surface area contributed by atoms with Crippen LogP contribution in [-0.4, -0.2) is 23.0 Å². The van der Waals surface area contributed by atoms with Gasteiger partial charge in [0.2, 0.25) is 0 Å². The summed E-state index contributed by atoms with van der Waals surface area (Å²) in [6.45, 7) is 0. The number of rotatable bonds is 4. The number of hydrogen-bond acceptors (Lipinski definition) is 5. The van der Waals surface area contributed by atoms with Crippen molar-refractivity contribution in [3.8, 4) is 12.1 Å². The Morgan fingerprint density at radius 2 is 1.57 bits per heavy atom. The van der Waals surface area contributed by atoms with Crippen molar-refractivity contribution in [2.45, 2.75) is 61.4 Å². The van der Waals surface area contributed by atoms with Gasteiger partial charge in [-0.2, -0.15) is 10.5 Å². The maximum absolute atomic E-state index is 15.0. The van der Waals surface area contributed by atoms with Crippen molar-refractivity contribution in [1.82, 2.24) is 4.90 Å². The normalized spacial score (nSPS) is 35.9. The number of nitriles is 2. The van der Waals surface area contributed by atoms with Crippen LogP contribution in [0.15, 0.2) is 59.6 Å². The quantitative estimate of drug-likeness (QED) is 0.432. The third-order valence-corrected chi connectivity index (χ3v) is 11.0. The summed E-state index contributed by atoms with van der Waals surface area (Å²) in [6.07, 6.45) is 12.9. The van der Waals surface area contributed by atoms with Gasteiger partial charge in [-0.25, -0.2) is 0 Å². The number of ketones is 1. The summed E-state index contributed by atoms with van der Waals surface area (Å²) >= 11 is 1.67. The molecule has 2 heterocycles. The van der Waals surface area contributed by atoms with Crippen molar-refractivity contribution in [3.63, 3.8) is 0 Å². The van der Waals surface area contributed by atoms with Crippen LogP contribution in [0, 0.1) is 51.2 Å². The summed E-state index contributed by atoms with van der Waals surface area (Å²) in [5.41, 5.74) is 1.24. The maximum atomic E-state index is 15.0. The predicted octanol–water partition coefficient (Wildman–Crippen LogP) is 6.72. The fourth-order valence-corrected chi connectivity index (χ4v) is 9.61. The van der Waals surface area contributed by atoms with Crippen LogP contribution < -0.4 is 0 Å². The second-order valence-corrected chi connectivity index (χ2v) is 13.0. The van der Waals surface area contributed by atoms with E-state index >= 15 is 0 Å². The van der Waals surface area contributed by atoms with E-state index in [4.69, 9.17) is 0 Å². The van der Waals surface area contributed by atoms with Crippen molar-refractivity contribution in [3.05, 3.63) is 71.4 Å². The van der Waals surface area contributed by atoms with Crippen molar-refractivity contribution in [2.24, 2.45) is 28.6 Å². The highest BCUT2D eigenvalue weighted by molar-refractivity contribution is 7.98. The zero-order chi connectivity index (χ0) is 25.4. The highest BCUT2D eigenvalue weighted by Crippen LogP contribution is 2.65. The monoisotopic (exact) mass is 505 g/mol. The first-order valence-electron chi connectivity index (χ1n) is 13.6. The van der Waals surface area contributed by atoms with Crippen LogP contribution in [0.5, 0.6) is 0 Å². The Morgan fingerprint density at radius 3 is 2.16 bits per heavy atom. The van der Waals surface area contributed by atoms with Gasteiger partial charge in [-0.3, -0.25) is 4.79 Å². The number of fused-ring (bicyclic) bond motifs is 3. The number of hydrogen-bond donors (Lipinski definition) is 0. The Kier molecular flexibility index (Phi) is 5.15.